The molecule has 0 spiro atoms. The van der Waals surface area contributed by atoms with Gasteiger partial charge in [-0.05, 0) is 23.3 Å². The molecule has 0 aliphatic carbocycles. The second-order valence-corrected chi connectivity index (χ2v) is 5.57. The molecule has 7 heteroatoms. The van der Waals surface area contributed by atoms with Gasteiger partial charge in [-0.25, -0.2) is 0 Å². The van der Waals surface area contributed by atoms with Crippen LogP contribution in [0.25, 0.3) is 0 Å². The Balaban J connectivity index is 2.46. The molecular formula is C14H15BrF2N2O2. The third-order valence-corrected chi connectivity index (χ3v) is 3.81. The average molecular weight is 361 g/mol. The number of nitrogens with two attached hydrogens (primary N) is 1. The number of rotatable bonds is 4. The molecule has 0 saturated carbocycles. The van der Waals surface area contributed by atoms with Gasteiger partial charge in [0.1, 0.15) is 0 Å². The maximum Gasteiger partial charge on any atom is 0.367 e. The highest BCUT2D eigenvalue weighted by atomic mass is 79.9. The fourth-order valence-corrected chi connectivity index (χ4v) is 2.47. The maximum absolute atomic E-state index is 13.6. The molecule has 21 heavy (non-hydrogen) atoms. The van der Waals surface area contributed by atoms with Crippen molar-refractivity contribution in [1.29, 1.82) is 0 Å². The van der Waals surface area contributed by atoms with Crippen LogP contribution < -0.4 is 5.73 Å². The molecule has 0 saturated heterocycles. The highest BCUT2D eigenvalue weighted by Crippen LogP contribution is 2.35. The van der Waals surface area contributed by atoms with Gasteiger partial charge in [-0.3, -0.25) is 4.84 Å². The van der Waals surface area contributed by atoms with Crippen LogP contribution in [0.15, 0.2) is 52.7 Å². The van der Waals surface area contributed by atoms with Crippen molar-refractivity contribution in [2.45, 2.75) is 11.6 Å². The van der Waals surface area contributed by atoms with Crippen molar-refractivity contribution in [3.05, 3.63) is 58.2 Å². The summed E-state index contributed by atoms with van der Waals surface area (Å²) in [5, 5.41) is 10.1. The third kappa shape index (κ3) is 3.01. The quantitative estimate of drug-likeness (QED) is 0.810. The predicted molar refractivity (Wildman–Crippen MR) is 78.1 cm³/mol. The smallest absolute Gasteiger partial charge is 0.367 e. The minimum Gasteiger partial charge on any atom is -0.394 e. The zero-order chi connectivity index (χ0) is 15.7. The van der Waals surface area contributed by atoms with Crippen molar-refractivity contribution in [3.8, 4) is 0 Å². The van der Waals surface area contributed by atoms with E-state index in [0.29, 0.717) is 22.3 Å². The predicted octanol–water partition coefficient (Wildman–Crippen LogP) is 2.51. The normalized spacial score (nSPS) is 20.1. The molecule has 114 valence electrons. The molecule has 1 aromatic carbocycles. The molecule has 1 heterocycles. The Kier molecular flexibility index (Phi) is 4.48. The van der Waals surface area contributed by atoms with Crippen molar-refractivity contribution < 1.29 is 18.7 Å². The van der Waals surface area contributed by atoms with E-state index in [1.54, 1.807) is 18.2 Å². The molecule has 0 radical (unpaired) electrons. The first-order chi connectivity index (χ1) is 9.83. The summed E-state index contributed by atoms with van der Waals surface area (Å²) in [4.78, 5) is 4.65. The minimum atomic E-state index is -3.26. The Morgan fingerprint density at radius 3 is 2.76 bits per heavy atom. The third-order valence-electron chi connectivity index (χ3n) is 3.31. The van der Waals surface area contributed by atoms with Gasteiger partial charge < -0.3 is 10.8 Å². The number of alkyl halides is 2. The number of aliphatic hydroxyl groups excluding tert-OH is 1. The Hall–Kier alpha value is -1.28. The van der Waals surface area contributed by atoms with E-state index in [9.17, 15) is 13.9 Å². The SMILES string of the molecule is CON1C=C(C(N)(CO)c2cccc(Br)c2)C=CC1(F)F. The Morgan fingerprint density at radius 1 is 1.48 bits per heavy atom. The van der Waals surface area contributed by atoms with Gasteiger partial charge in [-0.1, -0.05) is 34.1 Å². The molecule has 3 N–H and O–H groups in total. The van der Waals surface area contributed by atoms with Crippen molar-refractivity contribution in [1.82, 2.24) is 5.06 Å². The van der Waals surface area contributed by atoms with Crippen molar-refractivity contribution in [2.24, 2.45) is 5.73 Å². The number of aliphatic hydroxyl groups is 1. The van der Waals surface area contributed by atoms with E-state index in [4.69, 9.17) is 5.73 Å². The Bertz CT molecular complexity index is 592. The highest BCUT2D eigenvalue weighted by Gasteiger charge is 2.40. The summed E-state index contributed by atoms with van der Waals surface area (Å²) in [5.74, 6) is 0. The van der Waals surface area contributed by atoms with Crippen LogP contribution in [0, 0.1) is 0 Å². The molecule has 4 nitrogen and oxygen atoms in total. The molecule has 1 aliphatic rings. The van der Waals surface area contributed by atoms with Gasteiger partial charge >= 0.3 is 6.05 Å². The fraction of sp³-hybridized carbons (Fsp3) is 0.286. The lowest BCUT2D eigenvalue weighted by Crippen LogP contribution is -2.46. The molecule has 1 unspecified atom stereocenters. The second kappa shape index (κ2) is 5.84. The largest absolute Gasteiger partial charge is 0.394 e. The van der Waals surface area contributed by atoms with Crippen LogP contribution >= 0.6 is 15.9 Å². The molecule has 1 aromatic rings. The van der Waals surface area contributed by atoms with Crippen molar-refractivity contribution in [2.75, 3.05) is 13.7 Å². The molecule has 0 fully saturated rings. The standard InChI is InChI=1S/C14H15BrF2N2O2/c1-21-19-8-11(5-6-14(19,16)17)13(18,9-20)10-3-2-4-12(15)7-10/h2-8,20H,9,18H2,1H3. The summed E-state index contributed by atoms with van der Waals surface area (Å²) >= 11 is 3.32. The average Bonchev–Trinajstić information content (AvgIpc) is 2.46. The van der Waals surface area contributed by atoms with Gasteiger partial charge in [0.2, 0.25) is 0 Å². The van der Waals surface area contributed by atoms with Crippen LogP contribution in [0.2, 0.25) is 0 Å². The fourth-order valence-electron chi connectivity index (χ4n) is 2.07. The Labute approximate surface area is 129 Å². The summed E-state index contributed by atoms with van der Waals surface area (Å²) in [5.41, 5.74) is 5.85. The van der Waals surface area contributed by atoms with Gasteiger partial charge in [0.25, 0.3) is 0 Å². The summed E-state index contributed by atoms with van der Waals surface area (Å²) in [6.07, 6.45) is 2.98. The van der Waals surface area contributed by atoms with Gasteiger partial charge in [-0.2, -0.15) is 13.8 Å². The van der Waals surface area contributed by atoms with Gasteiger partial charge in [0.15, 0.2) is 0 Å². The minimum absolute atomic E-state index is 0.316. The molecular weight excluding hydrogens is 346 g/mol. The van der Waals surface area contributed by atoms with Crippen LogP contribution in [0.1, 0.15) is 5.56 Å². The lowest BCUT2D eigenvalue weighted by molar-refractivity contribution is -0.250. The Morgan fingerprint density at radius 2 is 2.19 bits per heavy atom. The van der Waals surface area contributed by atoms with E-state index in [1.165, 1.54) is 6.08 Å². The number of hydroxylamine groups is 2. The highest BCUT2D eigenvalue weighted by molar-refractivity contribution is 9.10. The number of hydrogen-bond donors (Lipinski definition) is 2. The van der Waals surface area contributed by atoms with E-state index in [0.717, 1.165) is 17.8 Å². The van der Waals surface area contributed by atoms with Crippen molar-refractivity contribution in [3.63, 3.8) is 0 Å². The number of benzene rings is 1. The van der Waals surface area contributed by atoms with Gasteiger partial charge in [-0.15, -0.1) is 0 Å². The second-order valence-electron chi connectivity index (χ2n) is 4.65. The maximum atomic E-state index is 13.6. The summed E-state index contributed by atoms with van der Waals surface area (Å²) in [6, 6.07) is 3.76. The van der Waals surface area contributed by atoms with Crippen LogP contribution in [-0.2, 0) is 10.4 Å². The number of hydrogen-bond acceptors (Lipinski definition) is 4. The zero-order valence-corrected chi connectivity index (χ0v) is 12.8. The van der Waals surface area contributed by atoms with Crippen LogP contribution in [0.5, 0.6) is 0 Å². The zero-order valence-electron chi connectivity index (χ0n) is 11.3. The van der Waals surface area contributed by atoms with E-state index >= 15 is 0 Å². The summed E-state index contributed by atoms with van der Waals surface area (Å²) < 4.78 is 27.9. The molecule has 0 amide bonds. The molecule has 1 aliphatic heterocycles. The van der Waals surface area contributed by atoms with E-state index in [-0.39, 0.29) is 0 Å². The first-order valence-electron chi connectivity index (χ1n) is 6.12. The van der Waals surface area contributed by atoms with Crippen LogP contribution in [0.3, 0.4) is 0 Å². The first-order valence-corrected chi connectivity index (χ1v) is 6.91. The van der Waals surface area contributed by atoms with Gasteiger partial charge in [0, 0.05) is 16.7 Å². The lowest BCUT2D eigenvalue weighted by atomic mass is 9.83. The molecule has 0 bridgehead atoms. The van der Waals surface area contributed by atoms with Crippen LogP contribution in [0.4, 0.5) is 8.78 Å². The van der Waals surface area contributed by atoms with E-state index < -0.39 is 18.2 Å². The monoisotopic (exact) mass is 360 g/mol. The number of halogens is 3. The van der Waals surface area contributed by atoms with Crippen molar-refractivity contribution >= 4 is 15.9 Å². The van der Waals surface area contributed by atoms with Gasteiger partial charge in [0.05, 0.1) is 19.3 Å². The summed E-state index contributed by atoms with van der Waals surface area (Å²) in [6.45, 7) is -0.442. The van der Waals surface area contributed by atoms with E-state index in [1.807, 2.05) is 6.07 Å². The number of nitrogens with zero attached hydrogens (tertiary/aromatic N) is 1. The molecule has 0 aromatic heterocycles. The topological polar surface area (TPSA) is 58.7 Å². The summed E-state index contributed by atoms with van der Waals surface area (Å²) in [7, 11) is 1.14. The van der Waals surface area contributed by atoms with Crippen LogP contribution in [-0.4, -0.2) is 29.9 Å². The first kappa shape index (κ1) is 16.1. The van der Waals surface area contributed by atoms with E-state index in [2.05, 4.69) is 20.8 Å². The lowest BCUT2D eigenvalue weighted by Gasteiger charge is -2.35. The molecule has 1 atom stereocenters. The molecule has 2 rings (SSSR count).